The second-order valence-electron chi connectivity index (χ2n) is 6.44. The summed E-state index contributed by atoms with van der Waals surface area (Å²) in [6.45, 7) is 1.48. The first kappa shape index (κ1) is 21.9. The fourth-order valence-corrected chi connectivity index (χ4v) is 2.95. The lowest BCUT2D eigenvalue weighted by molar-refractivity contribution is -0.137. The predicted octanol–water partition coefficient (Wildman–Crippen LogP) is 4.18. The van der Waals surface area contributed by atoms with Crippen LogP contribution in [-0.2, 0) is 20.5 Å². The van der Waals surface area contributed by atoms with Crippen molar-refractivity contribution >= 4 is 35.1 Å². The van der Waals surface area contributed by atoms with Crippen molar-refractivity contribution in [3.05, 3.63) is 58.6 Å². The molecule has 0 bridgehead atoms. The summed E-state index contributed by atoms with van der Waals surface area (Å²) in [7, 11) is 0. The van der Waals surface area contributed by atoms with Gasteiger partial charge in [-0.3, -0.25) is 4.79 Å². The summed E-state index contributed by atoms with van der Waals surface area (Å²) in [5.74, 6) is -0.628. The predicted molar refractivity (Wildman–Crippen MR) is 108 cm³/mol. The highest BCUT2D eigenvalue weighted by molar-refractivity contribution is 6.30. The van der Waals surface area contributed by atoms with Crippen LogP contribution >= 0.6 is 11.6 Å². The molecule has 1 aliphatic heterocycles. The Bertz CT molecular complexity index is 898. The van der Waals surface area contributed by atoms with Crippen LogP contribution in [0.1, 0.15) is 11.1 Å². The van der Waals surface area contributed by atoms with Crippen LogP contribution in [0.5, 0.6) is 0 Å². The number of hydrogen-bond acceptors (Lipinski definition) is 5. The molecule has 2 aromatic rings. The highest BCUT2D eigenvalue weighted by atomic mass is 35.5. The largest absolute Gasteiger partial charge is 0.416 e. The number of morpholine rings is 1. The fourth-order valence-electron chi connectivity index (χ4n) is 2.82. The van der Waals surface area contributed by atoms with Gasteiger partial charge in [0.1, 0.15) is 0 Å². The zero-order valence-electron chi connectivity index (χ0n) is 15.8. The van der Waals surface area contributed by atoms with E-state index in [1.165, 1.54) is 12.3 Å². The molecule has 0 spiro atoms. The Labute approximate surface area is 176 Å². The molecule has 1 N–H and O–H groups in total. The minimum Gasteiger partial charge on any atom is -0.386 e. The van der Waals surface area contributed by atoms with Crippen molar-refractivity contribution < 1.29 is 27.5 Å². The first-order chi connectivity index (χ1) is 14.3. The molecule has 10 heteroatoms. The summed E-state index contributed by atoms with van der Waals surface area (Å²) in [5.41, 5.74) is 0.412. The average Bonchev–Trinajstić information content (AvgIpc) is 2.72. The Morgan fingerprint density at radius 1 is 1.20 bits per heavy atom. The van der Waals surface area contributed by atoms with E-state index in [9.17, 15) is 18.0 Å². The standard InChI is InChI=1S/C20H19ClF3N3O3/c21-16-4-1-14(2-5-16)12-25-30-13-19(28)26-17-11-15(20(22,23)24)3-6-18(17)27-7-9-29-10-8-27/h1-6,11-12H,7-10,13H2,(H,26,28)/b25-12+. The van der Waals surface area contributed by atoms with Crippen LogP contribution in [0.3, 0.4) is 0 Å². The van der Waals surface area contributed by atoms with Crippen molar-refractivity contribution in [2.45, 2.75) is 6.18 Å². The van der Waals surface area contributed by atoms with Crippen molar-refractivity contribution in [2.75, 3.05) is 43.1 Å². The maximum absolute atomic E-state index is 13.1. The summed E-state index contributed by atoms with van der Waals surface area (Å²) in [5, 5.41) is 6.75. The SMILES string of the molecule is O=C(CO/N=C/c1ccc(Cl)cc1)Nc1cc(C(F)(F)F)ccc1N1CCOCC1. The van der Waals surface area contributed by atoms with Gasteiger partial charge in [0.25, 0.3) is 5.91 Å². The number of carbonyl (C=O) groups excluding carboxylic acids is 1. The number of anilines is 2. The van der Waals surface area contributed by atoms with Crippen LogP contribution in [0.15, 0.2) is 47.6 Å². The number of amides is 1. The first-order valence-corrected chi connectivity index (χ1v) is 9.45. The van der Waals surface area contributed by atoms with Gasteiger partial charge in [-0.1, -0.05) is 28.9 Å². The monoisotopic (exact) mass is 441 g/mol. The average molecular weight is 442 g/mol. The second kappa shape index (κ2) is 9.82. The van der Waals surface area contributed by atoms with Crippen LogP contribution in [0.2, 0.25) is 5.02 Å². The molecule has 1 saturated heterocycles. The van der Waals surface area contributed by atoms with Crippen LogP contribution in [0, 0.1) is 0 Å². The molecule has 0 atom stereocenters. The summed E-state index contributed by atoms with van der Waals surface area (Å²) in [6, 6.07) is 10.0. The van der Waals surface area contributed by atoms with E-state index in [1.807, 2.05) is 4.90 Å². The molecule has 1 aliphatic rings. The number of benzene rings is 2. The van der Waals surface area contributed by atoms with Crippen LogP contribution < -0.4 is 10.2 Å². The summed E-state index contributed by atoms with van der Waals surface area (Å²) < 4.78 is 44.6. The molecule has 0 aliphatic carbocycles. The molecule has 30 heavy (non-hydrogen) atoms. The lowest BCUT2D eigenvalue weighted by Crippen LogP contribution is -2.37. The van der Waals surface area contributed by atoms with E-state index in [0.717, 1.165) is 12.1 Å². The van der Waals surface area contributed by atoms with E-state index in [0.29, 0.717) is 42.6 Å². The Balaban J connectivity index is 1.66. The van der Waals surface area contributed by atoms with Gasteiger partial charge < -0.3 is 19.8 Å². The molecular weight excluding hydrogens is 423 g/mol. The van der Waals surface area contributed by atoms with Crippen molar-refractivity contribution in [3.8, 4) is 0 Å². The van der Waals surface area contributed by atoms with Gasteiger partial charge in [-0.15, -0.1) is 0 Å². The molecule has 1 amide bonds. The number of rotatable bonds is 6. The van der Waals surface area contributed by atoms with Crippen LogP contribution in [0.25, 0.3) is 0 Å². The molecule has 3 rings (SSSR count). The smallest absolute Gasteiger partial charge is 0.386 e. The maximum Gasteiger partial charge on any atom is 0.416 e. The van der Waals surface area contributed by atoms with E-state index in [4.69, 9.17) is 21.2 Å². The molecule has 2 aromatic carbocycles. The van der Waals surface area contributed by atoms with Gasteiger partial charge in [0.05, 0.1) is 36.4 Å². The van der Waals surface area contributed by atoms with Crippen molar-refractivity contribution in [1.29, 1.82) is 0 Å². The highest BCUT2D eigenvalue weighted by Crippen LogP contribution is 2.35. The topological polar surface area (TPSA) is 63.2 Å². The van der Waals surface area contributed by atoms with Gasteiger partial charge in [0, 0.05) is 18.1 Å². The molecule has 1 fully saturated rings. The number of hydrogen-bond donors (Lipinski definition) is 1. The van der Waals surface area contributed by atoms with Crippen molar-refractivity contribution in [2.24, 2.45) is 5.16 Å². The van der Waals surface area contributed by atoms with Gasteiger partial charge >= 0.3 is 6.18 Å². The number of oxime groups is 1. The van der Waals surface area contributed by atoms with Gasteiger partial charge in [-0.2, -0.15) is 13.2 Å². The number of alkyl halides is 3. The fraction of sp³-hybridized carbons (Fsp3) is 0.300. The van der Waals surface area contributed by atoms with E-state index < -0.39 is 24.3 Å². The lowest BCUT2D eigenvalue weighted by atomic mass is 10.1. The third-order valence-electron chi connectivity index (χ3n) is 4.29. The second-order valence-corrected chi connectivity index (χ2v) is 6.87. The van der Waals surface area contributed by atoms with Crippen LogP contribution in [0.4, 0.5) is 24.5 Å². The van der Waals surface area contributed by atoms with Crippen LogP contribution in [-0.4, -0.2) is 45.0 Å². The lowest BCUT2D eigenvalue weighted by Gasteiger charge is -2.31. The van der Waals surface area contributed by atoms with Gasteiger partial charge in [0.2, 0.25) is 0 Å². The number of ether oxygens (including phenoxy) is 1. The molecule has 0 unspecified atom stereocenters. The normalized spacial score (nSPS) is 14.7. The quantitative estimate of drug-likeness (QED) is 0.539. The molecule has 160 valence electrons. The van der Waals surface area contributed by atoms with Crippen molar-refractivity contribution in [1.82, 2.24) is 0 Å². The summed E-state index contributed by atoms with van der Waals surface area (Å²) in [6.07, 6.45) is -3.13. The number of nitrogens with zero attached hydrogens (tertiary/aromatic N) is 2. The van der Waals surface area contributed by atoms with Crippen molar-refractivity contribution in [3.63, 3.8) is 0 Å². The zero-order valence-corrected chi connectivity index (χ0v) is 16.5. The molecule has 0 aromatic heterocycles. The number of halogens is 4. The minimum absolute atomic E-state index is 0.0574. The van der Waals surface area contributed by atoms with E-state index in [-0.39, 0.29) is 5.69 Å². The summed E-state index contributed by atoms with van der Waals surface area (Å²) in [4.78, 5) is 19.0. The highest BCUT2D eigenvalue weighted by Gasteiger charge is 2.32. The molecule has 0 radical (unpaired) electrons. The Morgan fingerprint density at radius 2 is 1.90 bits per heavy atom. The third kappa shape index (κ3) is 6.11. The molecule has 1 heterocycles. The van der Waals surface area contributed by atoms with Gasteiger partial charge in [0.15, 0.2) is 6.61 Å². The van der Waals surface area contributed by atoms with E-state index in [1.54, 1.807) is 24.3 Å². The number of nitrogens with one attached hydrogen (secondary N) is 1. The maximum atomic E-state index is 13.1. The Morgan fingerprint density at radius 3 is 2.57 bits per heavy atom. The van der Waals surface area contributed by atoms with Gasteiger partial charge in [-0.25, -0.2) is 0 Å². The number of carbonyl (C=O) groups is 1. The molecular formula is C20H19ClF3N3O3. The van der Waals surface area contributed by atoms with E-state index >= 15 is 0 Å². The zero-order chi connectivity index (χ0) is 21.6. The third-order valence-corrected chi connectivity index (χ3v) is 4.54. The first-order valence-electron chi connectivity index (χ1n) is 9.07. The molecule has 6 nitrogen and oxygen atoms in total. The Kier molecular flexibility index (Phi) is 7.17. The summed E-state index contributed by atoms with van der Waals surface area (Å²) >= 11 is 5.79. The minimum atomic E-state index is -4.53. The van der Waals surface area contributed by atoms with Gasteiger partial charge in [-0.05, 0) is 35.9 Å². The van der Waals surface area contributed by atoms with E-state index in [2.05, 4.69) is 10.5 Å². The molecule has 0 saturated carbocycles. The Hall–Kier alpha value is -2.78.